The van der Waals surface area contributed by atoms with Crippen molar-refractivity contribution in [1.29, 1.82) is 0 Å². The van der Waals surface area contributed by atoms with E-state index in [0.717, 1.165) is 32.1 Å². The lowest BCUT2D eigenvalue weighted by Gasteiger charge is -2.19. The zero-order valence-corrected chi connectivity index (χ0v) is 16.0. The summed E-state index contributed by atoms with van der Waals surface area (Å²) in [6.07, 6.45) is 11.1. The first kappa shape index (κ1) is 20.7. The second-order valence-electron chi connectivity index (χ2n) is 7.92. The molecular formula is C22H33NO3. The van der Waals surface area contributed by atoms with Crippen LogP contribution in [-0.2, 0) is 4.79 Å². The molecule has 6 atom stereocenters. The molecule has 144 valence electrons. The molecule has 0 aromatic heterocycles. The van der Waals surface area contributed by atoms with E-state index in [4.69, 9.17) is 5.73 Å². The third kappa shape index (κ3) is 5.72. The molecule has 4 nitrogen and oxygen atoms in total. The van der Waals surface area contributed by atoms with Gasteiger partial charge in [-0.1, -0.05) is 30.7 Å². The number of primary amides is 1. The van der Waals surface area contributed by atoms with E-state index in [1.54, 1.807) is 0 Å². The summed E-state index contributed by atoms with van der Waals surface area (Å²) < 4.78 is 0. The molecule has 0 bridgehead atoms. The van der Waals surface area contributed by atoms with Gasteiger partial charge in [-0.05, 0) is 56.8 Å². The van der Waals surface area contributed by atoms with Crippen LogP contribution in [-0.4, -0.2) is 28.3 Å². The van der Waals surface area contributed by atoms with E-state index in [1.807, 2.05) is 26.0 Å². The Labute approximate surface area is 157 Å². The number of allylic oxidation sites excluding steroid dienone is 2. The van der Waals surface area contributed by atoms with Crippen LogP contribution >= 0.6 is 0 Å². The molecule has 4 heteroatoms. The largest absolute Gasteiger partial charge is 0.392 e. The minimum atomic E-state index is -0.521. The van der Waals surface area contributed by atoms with Crippen LogP contribution in [0.2, 0.25) is 0 Å². The molecule has 2 aliphatic carbocycles. The Hall–Kier alpha value is -1.57. The molecule has 0 saturated heterocycles. The molecule has 0 aromatic rings. The van der Waals surface area contributed by atoms with Crippen molar-refractivity contribution in [2.45, 2.75) is 71.0 Å². The van der Waals surface area contributed by atoms with Gasteiger partial charge in [-0.2, -0.15) is 0 Å². The molecule has 0 unspecified atom stereocenters. The lowest BCUT2D eigenvalue weighted by Crippen LogP contribution is -2.19. The van der Waals surface area contributed by atoms with E-state index in [1.165, 1.54) is 5.57 Å². The van der Waals surface area contributed by atoms with Crippen molar-refractivity contribution >= 4 is 5.91 Å². The highest BCUT2D eigenvalue weighted by Crippen LogP contribution is 2.50. The lowest BCUT2D eigenvalue weighted by atomic mass is 9.89. The number of nitrogens with two attached hydrogens (primary N) is 1. The molecule has 0 heterocycles. The monoisotopic (exact) mass is 359 g/mol. The summed E-state index contributed by atoms with van der Waals surface area (Å²) in [6.45, 7) is 3.80. The van der Waals surface area contributed by atoms with Gasteiger partial charge in [0.25, 0.3) is 0 Å². The standard InChI is InChI=1S/C22H33NO3/c1-3-4-7-15(2)20(24)11-10-18-19-13-16(8-5-6-9-22(23)26)12-17(19)14-21(18)25/h8,10-11,15,17-21,24-25H,5-7,9,12-14H2,1-2H3,(H2,23,26)/b11-10+,16-8+/t15-,17+,18-,19+,20-,21-/m1/s1. The minimum Gasteiger partial charge on any atom is -0.392 e. The number of unbranched alkanes of at least 4 members (excludes halogenated alkanes) is 1. The second-order valence-corrected chi connectivity index (χ2v) is 7.92. The number of aliphatic hydroxyl groups is 2. The molecule has 4 N–H and O–H groups in total. The first-order valence-electron chi connectivity index (χ1n) is 9.82. The van der Waals surface area contributed by atoms with Gasteiger partial charge >= 0.3 is 0 Å². The van der Waals surface area contributed by atoms with Gasteiger partial charge in [0, 0.05) is 18.8 Å². The maximum Gasteiger partial charge on any atom is 0.217 e. The molecule has 0 aliphatic heterocycles. The van der Waals surface area contributed by atoms with Gasteiger partial charge < -0.3 is 15.9 Å². The quantitative estimate of drug-likeness (QED) is 0.354. The molecule has 0 spiro atoms. The topological polar surface area (TPSA) is 83.5 Å². The maximum atomic E-state index is 10.8. The summed E-state index contributed by atoms with van der Waals surface area (Å²) in [6, 6.07) is 0. The number of fused-ring (bicyclic) bond motifs is 1. The summed E-state index contributed by atoms with van der Waals surface area (Å²) in [5.74, 6) is 6.84. The smallest absolute Gasteiger partial charge is 0.217 e. The molecule has 0 radical (unpaired) electrons. The molecule has 2 saturated carbocycles. The van der Waals surface area contributed by atoms with Gasteiger partial charge in [-0.15, -0.1) is 11.8 Å². The van der Waals surface area contributed by atoms with Crippen molar-refractivity contribution in [2.24, 2.45) is 29.4 Å². The average Bonchev–Trinajstić information content (AvgIpc) is 3.10. The SMILES string of the molecule is CC#CC[C@@H](C)[C@H](O)/C=C/[C@@H]1[C@H]2C/C(=C/CCCC(N)=O)C[C@H]2C[C@H]1O. The molecule has 1 amide bonds. The van der Waals surface area contributed by atoms with Gasteiger partial charge in [0.2, 0.25) is 5.91 Å². The molecule has 2 rings (SSSR count). The average molecular weight is 360 g/mol. The summed E-state index contributed by atoms with van der Waals surface area (Å²) in [5.41, 5.74) is 6.62. The first-order valence-corrected chi connectivity index (χ1v) is 9.82. The number of rotatable bonds is 8. The highest BCUT2D eigenvalue weighted by atomic mass is 16.3. The van der Waals surface area contributed by atoms with E-state index in [-0.39, 0.29) is 23.8 Å². The van der Waals surface area contributed by atoms with Crippen molar-refractivity contribution in [2.75, 3.05) is 0 Å². The zero-order valence-electron chi connectivity index (χ0n) is 16.0. The Morgan fingerprint density at radius 1 is 1.42 bits per heavy atom. The number of aliphatic hydroxyl groups excluding tert-OH is 2. The van der Waals surface area contributed by atoms with E-state index in [9.17, 15) is 15.0 Å². The highest BCUT2D eigenvalue weighted by Gasteiger charge is 2.44. The number of amides is 1. The third-order valence-electron chi connectivity index (χ3n) is 5.89. The Kier molecular flexibility index (Phi) is 7.93. The summed E-state index contributed by atoms with van der Waals surface area (Å²) >= 11 is 0. The second kappa shape index (κ2) is 9.94. The van der Waals surface area contributed by atoms with Crippen molar-refractivity contribution in [3.63, 3.8) is 0 Å². The van der Waals surface area contributed by atoms with Crippen molar-refractivity contribution in [1.82, 2.24) is 0 Å². The highest BCUT2D eigenvalue weighted by molar-refractivity contribution is 5.73. The number of hydrogen-bond acceptors (Lipinski definition) is 3. The van der Waals surface area contributed by atoms with E-state index in [2.05, 4.69) is 17.9 Å². The van der Waals surface area contributed by atoms with Gasteiger partial charge in [-0.3, -0.25) is 4.79 Å². The fraction of sp³-hybridized carbons (Fsp3) is 0.682. The zero-order chi connectivity index (χ0) is 19.1. The Balaban J connectivity index is 1.89. The van der Waals surface area contributed by atoms with Crippen molar-refractivity contribution in [3.05, 3.63) is 23.8 Å². The number of carbonyl (C=O) groups is 1. The molecule has 26 heavy (non-hydrogen) atoms. The fourth-order valence-corrected chi connectivity index (χ4v) is 4.34. The van der Waals surface area contributed by atoms with Gasteiger partial charge in [0.1, 0.15) is 0 Å². The van der Waals surface area contributed by atoms with E-state index in [0.29, 0.717) is 24.7 Å². The van der Waals surface area contributed by atoms with Crippen molar-refractivity contribution in [3.8, 4) is 11.8 Å². The number of hydrogen-bond donors (Lipinski definition) is 3. The Morgan fingerprint density at radius 2 is 2.19 bits per heavy atom. The summed E-state index contributed by atoms with van der Waals surface area (Å²) in [4.78, 5) is 10.8. The minimum absolute atomic E-state index is 0.0948. The first-order chi connectivity index (χ1) is 12.4. The van der Waals surface area contributed by atoms with Crippen LogP contribution < -0.4 is 5.73 Å². The third-order valence-corrected chi connectivity index (χ3v) is 5.89. The molecular weight excluding hydrogens is 326 g/mol. The van der Waals surface area contributed by atoms with E-state index < -0.39 is 6.10 Å². The molecule has 2 aliphatic rings. The fourth-order valence-electron chi connectivity index (χ4n) is 4.34. The van der Waals surface area contributed by atoms with Crippen molar-refractivity contribution < 1.29 is 15.0 Å². The van der Waals surface area contributed by atoms with Crippen LogP contribution in [0.25, 0.3) is 0 Å². The van der Waals surface area contributed by atoms with Gasteiger partial charge in [0.05, 0.1) is 12.2 Å². The predicted octanol–water partition coefficient (Wildman–Crippen LogP) is 2.94. The van der Waals surface area contributed by atoms with Crippen LogP contribution in [0.3, 0.4) is 0 Å². The Bertz CT molecular complexity index is 598. The predicted molar refractivity (Wildman–Crippen MR) is 104 cm³/mol. The van der Waals surface area contributed by atoms with Crippen LogP contribution in [0.5, 0.6) is 0 Å². The van der Waals surface area contributed by atoms with Crippen LogP contribution in [0.15, 0.2) is 23.8 Å². The van der Waals surface area contributed by atoms with Crippen LogP contribution in [0.1, 0.15) is 58.8 Å². The molecule has 0 aromatic carbocycles. The lowest BCUT2D eigenvalue weighted by molar-refractivity contribution is -0.118. The van der Waals surface area contributed by atoms with E-state index >= 15 is 0 Å². The molecule has 2 fully saturated rings. The normalized spacial score (nSPS) is 31.6. The van der Waals surface area contributed by atoms with Crippen LogP contribution in [0.4, 0.5) is 0 Å². The number of carbonyl (C=O) groups excluding carboxylic acids is 1. The Morgan fingerprint density at radius 3 is 2.88 bits per heavy atom. The summed E-state index contributed by atoms with van der Waals surface area (Å²) in [5, 5.41) is 20.7. The van der Waals surface area contributed by atoms with Gasteiger partial charge in [0.15, 0.2) is 0 Å². The van der Waals surface area contributed by atoms with Gasteiger partial charge in [-0.25, -0.2) is 0 Å². The van der Waals surface area contributed by atoms with Crippen LogP contribution in [0, 0.1) is 35.5 Å². The summed E-state index contributed by atoms with van der Waals surface area (Å²) in [7, 11) is 0. The maximum absolute atomic E-state index is 10.8.